The molecule has 0 rings (SSSR count). The van der Waals surface area contributed by atoms with Crippen molar-refractivity contribution in [2.75, 3.05) is 6.54 Å². The minimum Gasteiger partial charge on any atom is -0.351 e. The second-order valence-electron chi connectivity index (χ2n) is 2.43. The first-order valence-corrected chi connectivity index (χ1v) is 3.86. The van der Waals surface area contributed by atoms with Gasteiger partial charge in [-0.1, -0.05) is 19.4 Å². The van der Waals surface area contributed by atoms with Crippen molar-refractivity contribution in [2.45, 2.75) is 25.8 Å². The molecule has 0 spiro atoms. The number of hydrogen-bond acceptors (Lipinski definition) is 2. The predicted octanol–water partition coefficient (Wildman–Crippen LogP) is 0.416. The van der Waals surface area contributed by atoms with Gasteiger partial charge in [-0.05, 0) is 6.42 Å². The van der Waals surface area contributed by atoms with Gasteiger partial charge >= 0.3 is 0 Å². The number of nitrogens with two attached hydrogens (primary N) is 1. The van der Waals surface area contributed by atoms with Crippen molar-refractivity contribution in [1.82, 2.24) is 5.32 Å². The maximum Gasteiger partial charge on any atom is 0.237 e. The Hall–Kier alpha value is -0.830. The molecule has 64 valence electrons. The highest BCUT2D eigenvalue weighted by Crippen LogP contribution is 1.91. The average molecular weight is 156 g/mol. The van der Waals surface area contributed by atoms with E-state index in [9.17, 15) is 4.79 Å². The Kier molecular flexibility index (Phi) is 5.47. The lowest BCUT2D eigenvalue weighted by molar-refractivity contribution is -0.122. The highest BCUT2D eigenvalue weighted by Gasteiger charge is 2.09. The van der Waals surface area contributed by atoms with E-state index in [4.69, 9.17) is 5.73 Å². The first-order valence-electron chi connectivity index (χ1n) is 3.86. The second-order valence-corrected chi connectivity index (χ2v) is 2.43. The zero-order valence-corrected chi connectivity index (χ0v) is 6.97. The quantitative estimate of drug-likeness (QED) is 0.567. The Morgan fingerprint density at radius 1 is 1.82 bits per heavy atom. The van der Waals surface area contributed by atoms with Gasteiger partial charge in [-0.2, -0.15) is 0 Å². The van der Waals surface area contributed by atoms with Crippen LogP contribution in [0, 0.1) is 0 Å². The van der Waals surface area contributed by atoms with Crippen LogP contribution >= 0.6 is 0 Å². The molecular formula is C8H16N2O. The third-order valence-electron chi connectivity index (χ3n) is 1.36. The summed E-state index contributed by atoms with van der Waals surface area (Å²) >= 11 is 0. The lowest BCUT2D eigenvalue weighted by atomic mass is 10.2. The minimum atomic E-state index is -0.361. The molecular weight excluding hydrogens is 140 g/mol. The number of hydrogen-bond donors (Lipinski definition) is 2. The number of rotatable bonds is 5. The van der Waals surface area contributed by atoms with Crippen LogP contribution in [0.15, 0.2) is 12.7 Å². The smallest absolute Gasteiger partial charge is 0.237 e. The van der Waals surface area contributed by atoms with Crippen molar-refractivity contribution < 1.29 is 4.79 Å². The Labute approximate surface area is 67.7 Å². The average Bonchev–Trinajstić information content (AvgIpc) is 2.00. The van der Waals surface area contributed by atoms with Crippen molar-refractivity contribution in [3.8, 4) is 0 Å². The summed E-state index contributed by atoms with van der Waals surface area (Å²) in [4.78, 5) is 11.0. The Morgan fingerprint density at radius 2 is 2.45 bits per heavy atom. The number of amides is 1. The van der Waals surface area contributed by atoms with Crippen LogP contribution < -0.4 is 11.1 Å². The predicted molar refractivity (Wildman–Crippen MR) is 46.1 cm³/mol. The second kappa shape index (κ2) is 5.92. The van der Waals surface area contributed by atoms with Gasteiger partial charge in [-0.25, -0.2) is 0 Å². The van der Waals surface area contributed by atoms with Gasteiger partial charge < -0.3 is 11.1 Å². The standard InChI is InChI=1S/C8H16N2O/c1-3-5-7(9)8(11)10-6-4-2/h4,7H,2-3,5-6,9H2,1H3,(H,10,11)/t7-/m0/s1. The van der Waals surface area contributed by atoms with Gasteiger partial charge in [-0.15, -0.1) is 6.58 Å². The van der Waals surface area contributed by atoms with E-state index in [1.54, 1.807) is 6.08 Å². The maximum absolute atomic E-state index is 11.0. The summed E-state index contributed by atoms with van der Waals surface area (Å²) in [6, 6.07) is -0.361. The molecule has 0 bridgehead atoms. The Balaban J connectivity index is 3.54. The molecule has 3 heteroatoms. The summed E-state index contributed by atoms with van der Waals surface area (Å²) in [5.74, 6) is -0.0910. The number of carbonyl (C=O) groups excluding carboxylic acids is 1. The Bertz CT molecular complexity index is 134. The van der Waals surface area contributed by atoms with E-state index >= 15 is 0 Å². The molecule has 0 aliphatic rings. The molecule has 3 nitrogen and oxygen atoms in total. The van der Waals surface area contributed by atoms with E-state index in [0.29, 0.717) is 6.54 Å². The van der Waals surface area contributed by atoms with Gasteiger partial charge in [0.15, 0.2) is 0 Å². The zero-order chi connectivity index (χ0) is 8.69. The van der Waals surface area contributed by atoms with Crippen LogP contribution in [0.25, 0.3) is 0 Å². The van der Waals surface area contributed by atoms with E-state index in [1.807, 2.05) is 6.92 Å². The van der Waals surface area contributed by atoms with E-state index < -0.39 is 0 Å². The van der Waals surface area contributed by atoms with Crippen LogP contribution in [0.4, 0.5) is 0 Å². The molecule has 0 aromatic rings. The molecule has 1 atom stereocenters. The van der Waals surface area contributed by atoms with Gasteiger partial charge in [0.1, 0.15) is 0 Å². The fraction of sp³-hybridized carbons (Fsp3) is 0.625. The van der Waals surface area contributed by atoms with Crippen LogP contribution in [-0.2, 0) is 4.79 Å². The first-order chi connectivity index (χ1) is 5.22. The SMILES string of the molecule is C=CCNC(=O)[C@@H](N)CCC. The minimum absolute atomic E-state index is 0.0910. The fourth-order valence-electron chi connectivity index (χ4n) is 0.746. The normalized spacial score (nSPS) is 12.2. The van der Waals surface area contributed by atoms with Crippen molar-refractivity contribution in [2.24, 2.45) is 5.73 Å². The molecule has 0 unspecified atom stereocenters. The summed E-state index contributed by atoms with van der Waals surface area (Å²) in [6.45, 7) is 5.98. The molecule has 0 aromatic heterocycles. The highest BCUT2D eigenvalue weighted by atomic mass is 16.2. The van der Waals surface area contributed by atoms with Crippen LogP contribution in [0.5, 0.6) is 0 Å². The zero-order valence-electron chi connectivity index (χ0n) is 6.97. The van der Waals surface area contributed by atoms with Gasteiger partial charge in [-0.3, -0.25) is 4.79 Å². The van der Waals surface area contributed by atoms with Crippen LogP contribution in [0.1, 0.15) is 19.8 Å². The Morgan fingerprint density at radius 3 is 2.91 bits per heavy atom. The topological polar surface area (TPSA) is 55.1 Å². The third-order valence-corrected chi connectivity index (χ3v) is 1.36. The van der Waals surface area contributed by atoms with E-state index in [0.717, 1.165) is 12.8 Å². The summed E-state index contributed by atoms with van der Waals surface area (Å²) in [7, 11) is 0. The molecule has 0 aliphatic carbocycles. The molecule has 0 saturated carbocycles. The van der Waals surface area contributed by atoms with Gasteiger partial charge in [0.25, 0.3) is 0 Å². The van der Waals surface area contributed by atoms with Crippen LogP contribution in [0.2, 0.25) is 0 Å². The lowest BCUT2D eigenvalue weighted by Crippen LogP contribution is -2.40. The summed E-state index contributed by atoms with van der Waals surface area (Å²) < 4.78 is 0. The van der Waals surface area contributed by atoms with Gasteiger partial charge in [0.2, 0.25) is 5.91 Å². The van der Waals surface area contributed by atoms with Crippen molar-refractivity contribution in [1.29, 1.82) is 0 Å². The van der Waals surface area contributed by atoms with Crippen molar-refractivity contribution >= 4 is 5.91 Å². The van der Waals surface area contributed by atoms with E-state index in [-0.39, 0.29) is 11.9 Å². The van der Waals surface area contributed by atoms with Crippen LogP contribution in [-0.4, -0.2) is 18.5 Å². The van der Waals surface area contributed by atoms with Gasteiger partial charge in [0, 0.05) is 6.54 Å². The number of carbonyl (C=O) groups is 1. The number of nitrogens with one attached hydrogen (secondary N) is 1. The molecule has 0 aromatic carbocycles. The fourth-order valence-corrected chi connectivity index (χ4v) is 0.746. The molecule has 3 N–H and O–H groups in total. The molecule has 0 radical (unpaired) electrons. The summed E-state index contributed by atoms with van der Waals surface area (Å²) in [5.41, 5.74) is 5.52. The summed E-state index contributed by atoms with van der Waals surface area (Å²) in [5, 5.41) is 2.63. The van der Waals surface area contributed by atoms with Gasteiger partial charge in [0.05, 0.1) is 6.04 Å². The van der Waals surface area contributed by atoms with E-state index in [2.05, 4.69) is 11.9 Å². The molecule has 0 aliphatic heterocycles. The third kappa shape index (κ3) is 4.56. The summed E-state index contributed by atoms with van der Waals surface area (Å²) in [6.07, 6.45) is 3.31. The molecule has 11 heavy (non-hydrogen) atoms. The van der Waals surface area contributed by atoms with Crippen molar-refractivity contribution in [3.63, 3.8) is 0 Å². The monoisotopic (exact) mass is 156 g/mol. The molecule has 1 amide bonds. The van der Waals surface area contributed by atoms with Crippen LogP contribution in [0.3, 0.4) is 0 Å². The largest absolute Gasteiger partial charge is 0.351 e. The molecule has 0 fully saturated rings. The maximum atomic E-state index is 11.0. The van der Waals surface area contributed by atoms with E-state index in [1.165, 1.54) is 0 Å². The highest BCUT2D eigenvalue weighted by molar-refractivity contribution is 5.81. The lowest BCUT2D eigenvalue weighted by Gasteiger charge is -2.08. The van der Waals surface area contributed by atoms with Crippen molar-refractivity contribution in [3.05, 3.63) is 12.7 Å². The molecule has 0 heterocycles. The molecule has 0 saturated heterocycles. The first kappa shape index (κ1) is 10.2.